The summed E-state index contributed by atoms with van der Waals surface area (Å²) in [4.78, 5) is 16.2. The minimum atomic E-state index is -4.15. The Balaban J connectivity index is 2.30. The van der Waals surface area contributed by atoms with Gasteiger partial charge in [-0.15, -0.1) is 0 Å². The molecule has 3 N–H and O–H groups in total. The first-order chi connectivity index (χ1) is 12.8. The van der Waals surface area contributed by atoms with E-state index in [9.17, 15) is 13.2 Å². The number of nitrogens with zero attached hydrogens (tertiary/aromatic N) is 1. The Bertz CT molecular complexity index is 884. The van der Waals surface area contributed by atoms with Crippen LogP contribution in [0.4, 0.5) is 0 Å². The van der Waals surface area contributed by atoms with E-state index >= 15 is 0 Å². The molecule has 146 valence electrons. The van der Waals surface area contributed by atoms with Crippen molar-refractivity contribution in [3.63, 3.8) is 0 Å². The van der Waals surface area contributed by atoms with E-state index in [1.807, 2.05) is 4.72 Å². The fourth-order valence-corrected chi connectivity index (χ4v) is 4.48. The number of nitrogens with one attached hydrogen (secondary N) is 1. The Morgan fingerprint density at radius 3 is 2.33 bits per heavy atom. The number of carbonyl (C=O) groups is 1. The summed E-state index contributed by atoms with van der Waals surface area (Å²) in [5.74, 6) is -0.853. The fraction of sp³-hybridized carbons (Fsp3) is 0.294. The quantitative estimate of drug-likeness (QED) is 0.589. The van der Waals surface area contributed by atoms with Gasteiger partial charge in [0.2, 0.25) is 10.0 Å². The zero-order chi connectivity index (χ0) is 20.0. The summed E-state index contributed by atoms with van der Waals surface area (Å²) in [6.07, 6.45) is 1.45. The summed E-state index contributed by atoms with van der Waals surface area (Å²) >= 11 is 11.9. The van der Waals surface area contributed by atoms with Gasteiger partial charge in [0.25, 0.3) is 5.91 Å². The van der Waals surface area contributed by atoms with Crippen LogP contribution in [0.25, 0.3) is 0 Å². The van der Waals surface area contributed by atoms with E-state index in [4.69, 9.17) is 33.4 Å². The van der Waals surface area contributed by atoms with Crippen LogP contribution < -0.4 is 4.72 Å². The van der Waals surface area contributed by atoms with Crippen molar-refractivity contribution in [3.8, 4) is 0 Å². The summed E-state index contributed by atoms with van der Waals surface area (Å²) in [6.45, 7) is -0.500. The number of sulfonamides is 1. The van der Waals surface area contributed by atoms with Crippen molar-refractivity contribution in [2.24, 2.45) is 0 Å². The zero-order valence-electron chi connectivity index (χ0n) is 14.1. The molecule has 1 atom stereocenters. The van der Waals surface area contributed by atoms with Gasteiger partial charge in [0.15, 0.2) is 0 Å². The third kappa shape index (κ3) is 5.88. The highest BCUT2D eigenvalue weighted by Gasteiger charge is 2.29. The van der Waals surface area contributed by atoms with Gasteiger partial charge >= 0.3 is 0 Å². The van der Waals surface area contributed by atoms with Crippen molar-refractivity contribution in [1.82, 2.24) is 9.71 Å². The lowest BCUT2D eigenvalue weighted by Crippen LogP contribution is -2.34. The van der Waals surface area contributed by atoms with Gasteiger partial charge in [0.05, 0.1) is 17.9 Å². The van der Waals surface area contributed by atoms with Gasteiger partial charge in [0, 0.05) is 22.8 Å². The van der Waals surface area contributed by atoms with E-state index in [0.29, 0.717) is 11.3 Å². The first-order valence-corrected chi connectivity index (χ1v) is 10.3. The number of carbonyl (C=O) groups excluding carboxylic acids is 1. The Morgan fingerprint density at radius 2 is 1.81 bits per heavy atom. The number of halogens is 2. The molecule has 1 heterocycles. The molecule has 7 nitrogen and oxygen atoms in total. The third-order valence-electron chi connectivity index (χ3n) is 3.74. The molecule has 0 fully saturated rings. The second-order valence-electron chi connectivity index (χ2n) is 5.73. The number of amides is 1. The number of hydrogen-bond acceptors (Lipinski definition) is 6. The van der Waals surface area contributed by atoms with Crippen LogP contribution in [0.1, 0.15) is 39.7 Å². The van der Waals surface area contributed by atoms with Crippen molar-refractivity contribution >= 4 is 39.1 Å². The van der Waals surface area contributed by atoms with Crippen LogP contribution in [-0.4, -0.2) is 36.1 Å². The number of rotatable bonds is 8. The SMILES string of the molecule is O=C(NS(=O)(=O)C(CCCO)c1cc(Cl)cc(Cl)c1)c1ccc(CO)nc1. The van der Waals surface area contributed by atoms with Crippen molar-refractivity contribution in [2.45, 2.75) is 24.7 Å². The third-order valence-corrected chi connectivity index (χ3v) is 5.90. The number of aromatic nitrogens is 1. The second kappa shape index (κ2) is 9.48. The van der Waals surface area contributed by atoms with E-state index in [-0.39, 0.29) is 41.7 Å². The van der Waals surface area contributed by atoms with E-state index in [1.165, 1.54) is 36.5 Å². The van der Waals surface area contributed by atoms with Gasteiger partial charge in [-0.3, -0.25) is 9.78 Å². The number of benzene rings is 1. The second-order valence-corrected chi connectivity index (χ2v) is 8.47. The molecule has 27 heavy (non-hydrogen) atoms. The van der Waals surface area contributed by atoms with Crippen LogP contribution in [0, 0.1) is 0 Å². The largest absolute Gasteiger partial charge is 0.396 e. The Kier molecular flexibility index (Phi) is 7.58. The Labute approximate surface area is 167 Å². The molecular formula is C17H18Cl2N2O5S. The van der Waals surface area contributed by atoms with Gasteiger partial charge in [-0.05, 0) is 48.7 Å². The maximum Gasteiger partial charge on any atom is 0.266 e. The van der Waals surface area contributed by atoms with Crippen LogP contribution in [0.3, 0.4) is 0 Å². The first-order valence-electron chi connectivity index (χ1n) is 7.95. The van der Waals surface area contributed by atoms with E-state index < -0.39 is 21.2 Å². The molecule has 2 rings (SSSR count). The smallest absolute Gasteiger partial charge is 0.266 e. The topological polar surface area (TPSA) is 117 Å². The molecule has 0 aliphatic heterocycles. The summed E-state index contributed by atoms with van der Waals surface area (Å²) in [6, 6.07) is 7.16. The van der Waals surface area contributed by atoms with Crippen LogP contribution >= 0.6 is 23.2 Å². The highest BCUT2D eigenvalue weighted by Crippen LogP contribution is 2.31. The standard InChI is InChI=1S/C17H18Cl2N2O5S/c18-13-6-12(7-14(19)8-13)16(2-1-5-22)27(25,26)21-17(24)11-3-4-15(10-23)20-9-11/h3-4,6-9,16,22-23H,1-2,5,10H2,(H,21,24). The molecule has 1 unspecified atom stereocenters. The summed E-state index contributed by atoms with van der Waals surface area (Å²) in [5.41, 5.74) is 0.694. The fourth-order valence-electron chi connectivity index (χ4n) is 2.45. The molecule has 1 amide bonds. The van der Waals surface area contributed by atoms with E-state index in [1.54, 1.807) is 0 Å². The average molecular weight is 433 g/mol. The molecule has 0 saturated carbocycles. The predicted octanol–water partition coefficient (Wildman–Crippen LogP) is 2.45. The van der Waals surface area contributed by atoms with Gasteiger partial charge < -0.3 is 10.2 Å². The van der Waals surface area contributed by atoms with E-state index in [0.717, 1.165) is 0 Å². The number of hydrogen-bond donors (Lipinski definition) is 3. The van der Waals surface area contributed by atoms with Crippen molar-refractivity contribution in [1.29, 1.82) is 0 Å². The highest BCUT2D eigenvalue weighted by molar-refractivity contribution is 7.90. The highest BCUT2D eigenvalue weighted by atomic mass is 35.5. The van der Waals surface area contributed by atoms with Crippen LogP contribution in [0.15, 0.2) is 36.5 Å². The van der Waals surface area contributed by atoms with Gasteiger partial charge in [0.1, 0.15) is 5.25 Å². The molecule has 0 bridgehead atoms. The first kappa shape index (κ1) is 21.6. The maximum atomic E-state index is 12.8. The average Bonchev–Trinajstić information content (AvgIpc) is 2.60. The summed E-state index contributed by atoms with van der Waals surface area (Å²) in [7, 11) is -4.15. The molecule has 0 spiro atoms. The van der Waals surface area contributed by atoms with Gasteiger partial charge in [-0.25, -0.2) is 13.1 Å². The lowest BCUT2D eigenvalue weighted by molar-refractivity contribution is 0.0980. The molecule has 10 heteroatoms. The normalized spacial score (nSPS) is 12.6. The summed E-state index contributed by atoms with van der Waals surface area (Å²) < 4.78 is 27.6. The monoisotopic (exact) mass is 432 g/mol. The van der Waals surface area contributed by atoms with Crippen molar-refractivity contribution < 1.29 is 23.4 Å². The van der Waals surface area contributed by atoms with Gasteiger partial charge in [-0.2, -0.15) is 0 Å². The predicted molar refractivity (Wildman–Crippen MR) is 102 cm³/mol. The maximum absolute atomic E-state index is 12.8. The van der Waals surface area contributed by atoms with Crippen molar-refractivity contribution in [3.05, 3.63) is 63.4 Å². The van der Waals surface area contributed by atoms with Crippen LogP contribution in [-0.2, 0) is 16.6 Å². The molecule has 1 aromatic heterocycles. The lowest BCUT2D eigenvalue weighted by atomic mass is 10.1. The number of aliphatic hydroxyl groups is 2. The van der Waals surface area contributed by atoms with Gasteiger partial charge in [-0.1, -0.05) is 23.2 Å². The molecule has 0 saturated heterocycles. The number of aliphatic hydroxyl groups excluding tert-OH is 2. The van der Waals surface area contributed by atoms with Crippen LogP contribution in [0.5, 0.6) is 0 Å². The minimum Gasteiger partial charge on any atom is -0.396 e. The minimum absolute atomic E-state index is 0.0285. The molecule has 0 aliphatic rings. The molecular weight excluding hydrogens is 415 g/mol. The molecule has 1 aromatic carbocycles. The van der Waals surface area contributed by atoms with Crippen LogP contribution in [0.2, 0.25) is 10.0 Å². The Morgan fingerprint density at radius 1 is 1.15 bits per heavy atom. The summed E-state index contributed by atoms with van der Waals surface area (Å²) in [5, 5.41) is 17.5. The number of pyridine rings is 1. The Hall–Kier alpha value is -1.71. The lowest BCUT2D eigenvalue weighted by Gasteiger charge is -2.19. The van der Waals surface area contributed by atoms with E-state index in [2.05, 4.69) is 4.98 Å². The zero-order valence-corrected chi connectivity index (χ0v) is 16.4. The molecule has 0 aliphatic carbocycles. The molecule has 0 radical (unpaired) electrons. The molecule has 2 aromatic rings. The van der Waals surface area contributed by atoms with Crippen molar-refractivity contribution in [2.75, 3.05) is 6.61 Å².